The fraction of sp³-hybridized carbons (Fsp3) is 0.600. The molecule has 116 valence electrons. The van der Waals surface area contributed by atoms with Gasteiger partial charge in [0.2, 0.25) is 0 Å². The molecule has 21 heavy (non-hydrogen) atoms. The lowest BCUT2D eigenvalue weighted by Gasteiger charge is -2.31. The molecule has 0 radical (unpaired) electrons. The minimum absolute atomic E-state index is 0.161. The van der Waals surface area contributed by atoms with Gasteiger partial charge < -0.3 is 5.32 Å². The van der Waals surface area contributed by atoms with Crippen LogP contribution in [-0.4, -0.2) is 41.5 Å². The maximum absolute atomic E-state index is 12.2. The molecule has 1 amide bonds. The SMILES string of the molecule is CC(C)C(CNC(=O)c1cc(Cl)nc(Cl)c1)N1CCCC1. The molecule has 2 rings (SSSR count). The van der Waals surface area contributed by atoms with E-state index in [1.54, 1.807) is 0 Å². The van der Waals surface area contributed by atoms with Crippen LogP contribution in [0.1, 0.15) is 37.0 Å². The summed E-state index contributed by atoms with van der Waals surface area (Å²) >= 11 is 11.7. The largest absolute Gasteiger partial charge is 0.350 e. The van der Waals surface area contributed by atoms with E-state index in [2.05, 4.69) is 29.0 Å². The third-order valence-electron chi connectivity index (χ3n) is 3.88. The van der Waals surface area contributed by atoms with Crippen LogP contribution in [-0.2, 0) is 0 Å². The molecule has 1 atom stereocenters. The lowest BCUT2D eigenvalue weighted by atomic mass is 10.0. The molecule has 1 fully saturated rings. The van der Waals surface area contributed by atoms with E-state index in [1.807, 2.05) is 0 Å². The van der Waals surface area contributed by atoms with Crippen molar-refractivity contribution < 1.29 is 4.79 Å². The molecule has 0 spiro atoms. The van der Waals surface area contributed by atoms with Crippen molar-refractivity contribution in [2.24, 2.45) is 5.92 Å². The molecule has 1 N–H and O–H groups in total. The predicted molar refractivity (Wildman–Crippen MR) is 86.0 cm³/mol. The molecule has 0 aliphatic carbocycles. The number of hydrogen-bond donors (Lipinski definition) is 1. The highest BCUT2D eigenvalue weighted by Gasteiger charge is 2.25. The smallest absolute Gasteiger partial charge is 0.251 e. The summed E-state index contributed by atoms with van der Waals surface area (Å²) in [6.45, 7) is 7.25. The number of rotatable bonds is 5. The molecular formula is C15H21Cl2N3O. The van der Waals surface area contributed by atoms with Crippen LogP contribution < -0.4 is 5.32 Å². The van der Waals surface area contributed by atoms with E-state index < -0.39 is 0 Å². The number of carbonyl (C=O) groups excluding carboxylic acids is 1. The number of amides is 1. The van der Waals surface area contributed by atoms with Crippen LogP contribution in [0.15, 0.2) is 12.1 Å². The van der Waals surface area contributed by atoms with Gasteiger partial charge in [-0.15, -0.1) is 0 Å². The molecule has 2 heterocycles. The number of halogens is 2. The van der Waals surface area contributed by atoms with Crippen molar-refractivity contribution in [3.8, 4) is 0 Å². The normalized spacial score (nSPS) is 17.2. The van der Waals surface area contributed by atoms with Crippen molar-refractivity contribution in [2.45, 2.75) is 32.7 Å². The fourth-order valence-corrected chi connectivity index (χ4v) is 3.22. The van der Waals surface area contributed by atoms with Crippen LogP contribution >= 0.6 is 23.2 Å². The van der Waals surface area contributed by atoms with Crippen molar-refractivity contribution in [1.29, 1.82) is 0 Å². The zero-order chi connectivity index (χ0) is 15.4. The van der Waals surface area contributed by atoms with Crippen LogP contribution in [0.5, 0.6) is 0 Å². The number of hydrogen-bond acceptors (Lipinski definition) is 3. The van der Waals surface area contributed by atoms with Crippen LogP contribution in [0, 0.1) is 5.92 Å². The van der Waals surface area contributed by atoms with Gasteiger partial charge in [-0.2, -0.15) is 0 Å². The zero-order valence-corrected chi connectivity index (χ0v) is 13.9. The van der Waals surface area contributed by atoms with E-state index in [9.17, 15) is 4.79 Å². The summed E-state index contributed by atoms with van der Waals surface area (Å²) in [4.78, 5) is 18.5. The Bertz CT molecular complexity index is 481. The van der Waals surface area contributed by atoms with Gasteiger partial charge in [0.1, 0.15) is 10.3 Å². The van der Waals surface area contributed by atoms with Crippen LogP contribution in [0.4, 0.5) is 0 Å². The summed E-state index contributed by atoms with van der Waals surface area (Å²) < 4.78 is 0. The maximum Gasteiger partial charge on any atom is 0.251 e. The van der Waals surface area contributed by atoms with E-state index in [0.717, 1.165) is 13.1 Å². The van der Waals surface area contributed by atoms with Gasteiger partial charge in [0, 0.05) is 18.2 Å². The fourth-order valence-electron chi connectivity index (χ4n) is 2.75. The molecule has 1 aliphatic rings. The van der Waals surface area contributed by atoms with E-state index >= 15 is 0 Å². The lowest BCUT2D eigenvalue weighted by Crippen LogP contribution is -2.45. The summed E-state index contributed by atoms with van der Waals surface area (Å²) in [7, 11) is 0. The molecule has 0 bridgehead atoms. The van der Waals surface area contributed by atoms with Gasteiger partial charge in [-0.3, -0.25) is 9.69 Å². The van der Waals surface area contributed by atoms with E-state index in [-0.39, 0.29) is 16.2 Å². The third kappa shape index (κ3) is 4.56. The molecule has 1 saturated heterocycles. The molecule has 4 nitrogen and oxygen atoms in total. The Balaban J connectivity index is 1.98. The average Bonchev–Trinajstić information content (AvgIpc) is 2.91. The number of carbonyl (C=O) groups is 1. The molecule has 1 aromatic heterocycles. The second-order valence-electron chi connectivity index (χ2n) is 5.77. The highest BCUT2D eigenvalue weighted by molar-refractivity contribution is 6.33. The Labute approximate surface area is 135 Å². The van der Waals surface area contributed by atoms with Crippen LogP contribution in [0.3, 0.4) is 0 Å². The average molecular weight is 330 g/mol. The monoisotopic (exact) mass is 329 g/mol. The van der Waals surface area contributed by atoms with Crippen molar-refractivity contribution in [2.75, 3.05) is 19.6 Å². The summed E-state index contributed by atoms with van der Waals surface area (Å²) in [5.74, 6) is 0.332. The highest BCUT2D eigenvalue weighted by Crippen LogP contribution is 2.18. The van der Waals surface area contributed by atoms with Crippen LogP contribution in [0.25, 0.3) is 0 Å². The van der Waals surface area contributed by atoms with Crippen molar-refractivity contribution >= 4 is 29.1 Å². The molecule has 1 aromatic rings. The second kappa shape index (κ2) is 7.43. The zero-order valence-electron chi connectivity index (χ0n) is 12.4. The molecular weight excluding hydrogens is 309 g/mol. The third-order valence-corrected chi connectivity index (χ3v) is 4.26. The quantitative estimate of drug-likeness (QED) is 0.843. The van der Waals surface area contributed by atoms with Crippen molar-refractivity contribution in [3.63, 3.8) is 0 Å². The number of nitrogens with zero attached hydrogens (tertiary/aromatic N) is 2. The van der Waals surface area contributed by atoms with E-state index in [4.69, 9.17) is 23.2 Å². The Kier molecular flexibility index (Phi) is 5.85. The predicted octanol–water partition coefficient (Wildman–Crippen LogP) is 3.24. The first kappa shape index (κ1) is 16.5. The number of aromatic nitrogens is 1. The van der Waals surface area contributed by atoms with Gasteiger partial charge >= 0.3 is 0 Å². The minimum Gasteiger partial charge on any atom is -0.350 e. The number of likely N-dealkylation sites (tertiary alicyclic amines) is 1. The van der Waals surface area contributed by atoms with Gasteiger partial charge in [-0.25, -0.2) is 4.98 Å². The van der Waals surface area contributed by atoms with E-state index in [0.29, 0.717) is 24.1 Å². The van der Waals surface area contributed by atoms with Crippen molar-refractivity contribution in [3.05, 3.63) is 28.0 Å². The summed E-state index contributed by atoms with van der Waals surface area (Å²) in [6.07, 6.45) is 2.49. The first-order valence-electron chi connectivity index (χ1n) is 7.32. The Morgan fingerprint density at radius 3 is 2.38 bits per heavy atom. The Hall–Kier alpha value is -0.840. The molecule has 1 unspecified atom stereocenters. The molecule has 0 saturated carbocycles. The Morgan fingerprint density at radius 2 is 1.86 bits per heavy atom. The van der Waals surface area contributed by atoms with Gasteiger partial charge in [0.05, 0.1) is 0 Å². The first-order valence-corrected chi connectivity index (χ1v) is 8.08. The number of pyridine rings is 1. The lowest BCUT2D eigenvalue weighted by molar-refractivity contribution is 0.0927. The summed E-state index contributed by atoms with van der Waals surface area (Å²) in [5.41, 5.74) is 0.448. The highest BCUT2D eigenvalue weighted by atomic mass is 35.5. The number of nitrogens with one attached hydrogen (secondary N) is 1. The minimum atomic E-state index is -0.161. The molecule has 0 aromatic carbocycles. The molecule has 1 aliphatic heterocycles. The summed E-state index contributed by atoms with van der Waals surface area (Å²) in [6, 6.07) is 3.43. The maximum atomic E-state index is 12.2. The van der Waals surface area contributed by atoms with E-state index in [1.165, 1.54) is 25.0 Å². The molecule has 6 heteroatoms. The topological polar surface area (TPSA) is 45.2 Å². The van der Waals surface area contributed by atoms with Crippen molar-refractivity contribution in [1.82, 2.24) is 15.2 Å². The van der Waals surface area contributed by atoms with Gasteiger partial charge in [0.15, 0.2) is 0 Å². The van der Waals surface area contributed by atoms with Gasteiger partial charge in [-0.1, -0.05) is 37.0 Å². The van der Waals surface area contributed by atoms with Gasteiger partial charge in [0.25, 0.3) is 5.91 Å². The van der Waals surface area contributed by atoms with Crippen LogP contribution in [0.2, 0.25) is 10.3 Å². The van der Waals surface area contributed by atoms with Gasteiger partial charge in [-0.05, 0) is 44.0 Å². The first-order chi connectivity index (χ1) is 9.97. The second-order valence-corrected chi connectivity index (χ2v) is 6.54. The standard InChI is InChI=1S/C15H21Cl2N3O/c1-10(2)12(20-5-3-4-6-20)9-18-15(21)11-7-13(16)19-14(17)8-11/h7-8,10,12H,3-6,9H2,1-2H3,(H,18,21). The Morgan fingerprint density at radius 1 is 1.29 bits per heavy atom. The summed E-state index contributed by atoms with van der Waals surface area (Å²) in [5, 5.41) is 3.44.